The van der Waals surface area contributed by atoms with Crippen LogP contribution in [0.1, 0.15) is 63.9 Å². The van der Waals surface area contributed by atoms with Crippen LogP contribution < -0.4 is 4.74 Å². The molecule has 18 heavy (non-hydrogen) atoms. The molecular formula is C17H26O. The van der Waals surface area contributed by atoms with Gasteiger partial charge < -0.3 is 4.74 Å². The molecule has 0 aliphatic heterocycles. The summed E-state index contributed by atoms with van der Waals surface area (Å²) in [6, 6.07) is 8.66. The molecule has 1 aromatic carbocycles. The largest absolute Gasteiger partial charge is 0.494 e. The van der Waals surface area contributed by atoms with Crippen molar-refractivity contribution >= 4 is 0 Å². The summed E-state index contributed by atoms with van der Waals surface area (Å²) < 4.78 is 5.84. The first-order valence-corrected chi connectivity index (χ1v) is 7.52. The lowest BCUT2D eigenvalue weighted by Gasteiger charge is -2.12. The monoisotopic (exact) mass is 246 g/mol. The highest BCUT2D eigenvalue weighted by atomic mass is 16.5. The van der Waals surface area contributed by atoms with Crippen molar-refractivity contribution in [3.8, 4) is 5.75 Å². The van der Waals surface area contributed by atoms with Gasteiger partial charge in [-0.05, 0) is 42.4 Å². The zero-order valence-corrected chi connectivity index (χ0v) is 11.8. The number of hydrogen-bond acceptors (Lipinski definition) is 1. The van der Waals surface area contributed by atoms with Crippen LogP contribution in [0.15, 0.2) is 24.3 Å². The van der Waals surface area contributed by atoms with Crippen LogP contribution in [0.25, 0.3) is 0 Å². The third-order valence-corrected chi connectivity index (χ3v) is 4.33. The normalized spacial score (nSPS) is 17.9. The number of benzene rings is 1. The Hall–Kier alpha value is -0.980. The second-order valence-electron chi connectivity index (χ2n) is 5.67. The van der Waals surface area contributed by atoms with E-state index >= 15 is 0 Å². The van der Waals surface area contributed by atoms with Gasteiger partial charge in [0.25, 0.3) is 0 Å². The van der Waals surface area contributed by atoms with Gasteiger partial charge in [-0.25, -0.2) is 0 Å². The highest BCUT2D eigenvalue weighted by molar-refractivity contribution is 5.29. The second-order valence-corrected chi connectivity index (χ2v) is 5.67. The van der Waals surface area contributed by atoms with E-state index in [1.165, 1.54) is 44.1 Å². The van der Waals surface area contributed by atoms with Gasteiger partial charge in [0.2, 0.25) is 0 Å². The minimum absolute atomic E-state index is 0.650. The minimum Gasteiger partial charge on any atom is -0.494 e. The Balaban J connectivity index is 1.75. The van der Waals surface area contributed by atoms with Crippen molar-refractivity contribution < 1.29 is 4.74 Å². The average Bonchev–Trinajstić information content (AvgIpc) is 2.92. The van der Waals surface area contributed by atoms with E-state index in [0.717, 1.165) is 18.3 Å². The molecule has 1 fully saturated rings. The fraction of sp³-hybridized carbons (Fsp3) is 0.647. The molecule has 0 aromatic heterocycles. The lowest BCUT2D eigenvalue weighted by Crippen LogP contribution is -2.03. The molecule has 2 rings (SSSR count). The zero-order valence-electron chi connectivity index (χ0n) is 11.8. The van der Waals surface area contributed by atoms with E-state index in [1.54, 1.807) is 0 Å². The molecule has 0 radical (unpaired) electrons. The highest BCUT2D eigenvalue weighted by Gasteiger charge is 2.14. The second kappa shape index (κ2) is 6.82. The van der Waals surface area contributed by atoms with Gasteiger partial charge in [-0.15, -0.1) is 0 Å². The molecular weight excluding hydrogens is 220 g/mol. The van der Waals surface area contributed by atoms with E-state index < -0.39 is 0 Å². The third-order valence-electron chi connectivity index (χ3n) is 4.33. The van der Waals surface area contributed by atoms with Gasteiger partial charge in [-0.2, -0.15) is 0 Å². The molecule has 1 aromatic rings. The fourth-order valence-corrected chi connectivity index (χ4v) is 2.77. The molecule has 1 heteroatoms. The van der Waals surface area contributed by atoms with Gasteiger partial charge in [0.1, 0.15) is 5.75 Å². The van der Waals surface area contributed by atoms with Crippen molar-refractivity contribution in [3.63, 3.8) is 0 Å². The molecule has 1 unspecified atom stereocenters. The molecule has 1 atom stereocenters. The van der Waals surface area contributed by atoms with Crippen LogP contribution in [0.2, 0.25) is 0 Å². The van der Waals surface area contributed by atoms with Gasteiger partial charge in [0, 0.05) is 0 Å². The molecule has 1 saturated carbocycles. The molecule has 0 saturated heterocycles. The summed E-state index contributed by atoms with van der Waals surface area (Å²) >= 11 is 0. The minimum atomic E-state index is 0.650. The van der Waals surface area contributed by atoms with E-state index in [4.69, 9.17) is 4.74 Å². The first-order valence-electron chi connectivity index (χ1n) is 7.52. The van der Waals surface area contributed by atoms with Crippen molar-refractivity contribution in [3.05, 3.63) is 29.8 Å². The van der Waals surface area contributed by atoms with Crippen LogP contribution in [-0.4, -0.2) is 6.61 Å². The maximum Gasteiger partial charge on any atom is 0.119 e. The number of ether oxygens (including phenoxy) is 1. The number of hydrogen-bond donors (Lipinski definition) is 0. The Kier molecular flexibility index (Phi) is 5.10. The summed E-state index contributed by atoms with van der Waals surface area (Å²) in [5.41, 5.74) is 1.42. The van der Waals surface area contributed by atoms with Gasteiger partial charge in [-0.1, -0.05) is 51.7 Å². The predicted molar refractivity (Wildman–Crippen MR) is 77.2 cm³/mol. The predicted octanol–water partition coefficient (Wildman–Crippen LogP) is 5.16. The summed E-state index contributed by atoms with van der Waals surface area (Å²) in [6.07, 6.45) is 8.10. The quantitative estimate of drug-likeness (QED) is 0.673. The average molecular weight is 246 g/mol. The molecule has 1 nitrogen and oxygen atoms in total. The molecule has 0 heterocycles. The van der Waals surface area contributed by atoms with Gasteiger partial charge in [0.15, 0.2) is 0 Å². The standard InChI is InChI=1S/C17H26O/c1-3-14(2)16-8-10-17(11-9-16)18-13-12-15-6-4-5-7-15/h8-11,14-15H,3-7,12-13H2,1-2H3. The summed E-state index contributed by atoms with van der Waals surface area (Å²) in [5.74, 6) is 2.60. The molecule has 100 valence electrons. The Morgan fingerprint density at radius 2 is 1.83 bits per heavy atom. The van der Waals surface area contributed by atoms with E-state index in [0.29, 0.717) is 5.92 Å². The highest BCUT2D eigenvalue weighted by Crippen LogP contribution is 2.28. The van der Waals surface area contributed by atoms with Crippen molar-refractivity contribution in [1.29, 1.82) is 0 Å². The Morgan fingerprint density at radius 3 is 2.44 bits per heavy atom. The first kappa shape index (κ1) is 13.5. The third kappa shape index (κ3) is 3.76. The van der Waals surface area contributed by atoms with Crippen LogP contribution in [-0.2, 0) is 0 Å². The van der Waals surface area contributed by atoms with Crippen molar-refractivity contribution in [2.75, 3.05) is 6.61 Å². The van der Waals surface area contributed by atoms with Crippen LogP contribution >= 0.6 is 0 Å². The van der Waals surface area contributed by atoms with Crippen molar-refractivity contribution in [2.24, 2.45) is 5.92 Å². The summed E-state index contributed by atoms with van der Waals surface area (Å²) in [7, 11) is 0. The van der Waals surface area contributed by atoms with Crippen molar-refractivity contribution in [1.82, 2.24) is 0 Å². The molecule has 1 aliphatic rings. The van der Waals surface area contributed by atoms with Crippen LogP contribution in [0, 0.1) is 5.92 Å². The summed E-state index contributed by atoms with van der Waals surface area (Å²) in [5, 5.41) is 0. The maximum atomic E-state index is 5.84. The Labute approximate surface area is 112 Å². The van der Waals surface area contributed by atoms with Crippen LogP contribution in [0.4, 0.5) is 0 Å². The molecule has 1 aliphatic carbocycles. The smallest absolute Gasteiger partial charge is 0.119 e. The first-order chi connectivity index (χ1) is 8.79. The molecule has 0 N–H and O–H groups in total. The Bertz CT molecular complexity index is 335. The fourth-order valence-electron chi connectivity index (χ4n) is 2.77. The van der Waals surface area contributed by atoms with E-state index in [1.807, 2.05) is 0 Å². The SMILES string of the molecule is CCC(C)c1ccc(OCCC2CCCC2)cc1. The lowest BCUT2D eigenvalue weighted by molar-refractivity contribution is 0.279. The van der Waals surface area contributed by atoms with Gasteiger partial charge in [-0.3, -0.25) is 0 Å². The van der Waals surface area contributed by atoms with Crippen LogP contribution in [0.3, 0.4) is 0 Å². The zero-order chi connectivity index (χ0) is 12.8. The van der Waals surface area contributed by atoms with E-state index in [9.17, 15) is 0 Å². The molecule has 0 spiro atoms. The molecule has 0 bridgehead atoms. The van der Waals surface area contributed by atoms with Crippen LogP contribution in [0.5, 0.6) is 5.75 Å². The topological polar surface area (TPSA) is 9.23 Å². The molecule has 0 amide bonds. The van der Waals surface area contributed by atoms with Gasteiger partial charge >= 0.3 is 0 Å². The maximum absolute atomic E-state index is 5.84. The summed E-state index contributed by atoms with van der Waals surface area (Å²) in [4.78, 5) is 0. The van der Waals surface area contributed by atoms with E-state index in [2.05, 4.69) is 38.1 Å². The van der Waals surface area contributed by atoms with Gasteiger partial charge in [0.05, 0.1) is 6.61 Å². The summed E-state index contributed by atoms with van der Waals surface area (Å²) in [6.45, 7) is 5.39. The lowest BCUT2D eigenvalue weighted by atomic mass is 9.99. The van der Waals surface area contributed by atoms with E-state index in [-0.39, 0.29) is 0 Å². The number of rotatable bonds is 6. The Morgan fingerprint density at radius 1 is 1.17 bits per heavy atom. The van der Waals surface area contributed by atoms with Crippen molar-refractivity contribution in [2.45, 2.75) is 58.3 Å².